The molecule has 20 heavy (non-hydrogen) atoms. The van der Waals surface area contributed by atoms with Crippen LogP contribution in [-0.4, -0.2) is 35.3 Å². The highest BCUT2D eigenvalue weighted by Crippen LogP contribution is 2.25. The third-order valence-corrected chi connectivity index (χ3v) is 3.64. The third kappa shape index (κ3) is 3.70. The van der Waals surface area contributed by atoms with Crippen LogP contribution in [0.4, 0.5) is 0 Å². The van der Waals surface area contributed by atoms with Crippen LogP contribution in [-0.2, 0) is 19.9 Å². The van der Waals surface area contributed by atoms with Crippen molar-refractivity contribution in [1.29, 1.82) is 0 Å². The quantitative estimate of drug-likeness (QED) is 0.805. The molecule has 0 radical (unpaired) electrons. The van der Waals surface area contributed by atoms with Crippen molar-refractivity contribution in [3.8, 4) is 11.1 Å². The topological polar surface area (TPSA) is 21.1 Å². The van der Waals surface area contributed by atoms with E-state index in [-0.39, 0.29) is 0 Å². The van der Waals surface area contributed by atoms with E-state index in [0.29, 0.717) is 0 Å². The van der Waals surface area contributed by atoms with E-state index in [9.17, 15) is 0 Å². The van der Waals surface area contributed by atoms with Crippen LogP contribution in [0, 0.1) is 0 Å². The fourth-order valence-corrected chi connectivity index (χ4v) is 2.52. The fourth-order valence-electron chi connectivity index (χ4n) is 2.52. The molecule has 2 aromatic rings. The van der Waals surface area contributed by atoms with Gasteiger partial charge in [0.2, 0.25) is 0 Å². The lowest BCUT2D eigenvalue weighted by molar-refractivity contribution is 0.400. The van der Waals surface area contributed by atoms with Crippen molar-refractivity contribution in [2.45, 2.75) is 26.2 Å². The molecule has 0 spiro atoms. The summed E-state index contributed by atoms with van der Waals surface area (Å²) in [4.78, 5) is 2.24. The SMILES string of the molecule is CCc1ccc(CCCN(C)C)cc1-c1cnn(C)c1. The Hall–Kier alpha value is -1.61. The second-order valence-electron chi connectivity index (χ2n) is 5.65. The van der Waals surface area contributed by atoms with Crippen molar-refractivity contribution in [2.24, 2.45) is 7.05 Å². The summed E-state index contributed by atoms with van der Waals surface area (Å²) in [5.74, 6) is 0. The summed E-state index contributed by atoms with van der Waals surface area (Å²) >= 11 is 0. The molecule has 3 nitrogen and oxygen atoms in total. The van der Waals surface area contributed by atoms with Crippen LogP contribution >= 0.6 is 0 Å². The third-order valence-electron chi connectivity index (χ3n) is 3.64. The number of aryl methyl sites for hydroxylation is 3. The molecule has 0 amide bonds. The standard InChI is InChI=1S/C17H25N3/c1-5-15-9-8-14(7-6-10-19(2)3)11-17(15)16-12-18-20(4)13-16/h8-9,11-13H,5-7,10H2,1-4H3. The van der Waals surface area contributed by atoms with Crippen molar-refractivity contribution < 1.29 is 0 Å². The lowest BCUT2D eigenvalue weighted by atomic mass is 9.96. The van der Waals surface area contributed by atoms with Gasteiger partial charge in [-0.1, -0.05) is 25.1 Å². The Bertz CT molecular complexity index is 555. The molecule has 3 heteroatoms. The van der Waals surface area contributed by atoms with Crippen LogP contribution in [0.15, 0.2) is 30.6 Å². The zero-order valence-electron chi connectivity index (χ0n) is 13.1. The van der Waals surface area contributed by atoms with Gasteiger partial charge < -0.3 is 4.90 Å². The molecule has 0 N–H and O–H groups in total. The zero-order valence-corrected chi connectivity index (χ0v) is 13.1. The van der Waals surface area contributed by atoms with E-state index in [2.05, 4.69) is 55.4 Å². The van der Waals surface area contributed by atoms with E-state index >= 15 is 0 Å². The minimum atomic E-state index is 1.06. The first-order valence-corrected chi connectivity index (χ1v) is 7.35. The molecule has 0 saturated carbocycles. The molecule has 0 bridgehead atoms. The summed E-state index contributed by atoms with van der Waals surface area (Å²) in [5.41, 5.74) is 5.37. The molecule has 1 aromatic carbocycles. The van der Waals surface area contributed by atoms with Gasteiger partial charge in [-0.15, -0.1) is 0 Å². The number of hydrogen-bond donors (Lipinski definition) is 0. The minimum absolute atomic E-state index is 1.06. The molecule has 0 aliphatic heterocycles. The molecule has 108 valence electrons. The highest BCUT2D eigenvalue weighted by molar-refractivity contribution is 5.67. The van der Waals surface area contributed by atoms with E-state index in [0.717, 1.165) is 19.4 Å². The van der Waals surface area contributed by atoms with Gasteiger partial charge in [-0.3, -0.25) is 4.68 Å². The number of nitrogens with zero attached hydrogens (tertiary/aromatic N) is 3. The maximum absolute atomic E-state index is 4.29. The predicted octanol–water partition coefficient (Wildman–Crippen LogP) is 3.14. The molecule has 0 atom stereocenters. The average Bonchev–Trinajstić information content (AvgIpc) is 2.85. The van der Waals surface area contributed by atoms with Gasteiger partial charge in [-0.25, -0.2) is 0 Å². The highest BCUT2D eigenvalue weighted by Gasteiger charge is 2.07. The lowest BCUT2D eigenvalue weighted by Crippen LogP contribution is -2.13. The molecule has 0 saturated heterocycles. The van der Waals surface area contributed by atoms with Crippen molar-refractivity contribution in [2.75, 3.05) is 20.6 Å². The Morgan fingerprint density at radius 3 is 2.65 bits per heavy atom. The molecule has 0 aliphatic carbocycles. The van der Waals surface area contributed by atoms with Crippen LogP contribution in [0.2, 0.25) is 0 Å². The van der Waals surface area contributed by atoms with Crippen LogP contribution in [0.1, 0.15) is 24.5 Å². The molecule has 0 unspecified atom stereocenters. The molecule has 0 aliphatic rings. The van der Waals surface area contributed by atoms with Crippen molar-refractivity contribution in [3.05, 3.63) is 41.7 Å². The average molecular weight is 271 g/mol. The van der Waals surface area contributed by atoms with Gasteiger partial charge in [-0.2, -0.15) is 5.10 Å². The van der Waals surface area contributed by atoms with Crippen LogP contribution in [0.5, 0.6) is 0 Å². The fraction of sp³-hybridized carbons (Fsp3) is 0.471. The zero-order chi connectivity index (χ0) is 14.5. The van der Waals surface area contributed by atoms with Gasteiger partial charge in [0.15, 0.2) is 0 Å². The van der Waals surface area contributed by atoms with E-state index < -0.39 is 0 Å². The number of aromatic nitrogens is 2. The van der Waals surface area contributed by atoms with Gasteiger partial charge in [0.05, 0.1) is 6.20 Å². The number of hydrogen-bond acceptors (Lipinski definition) is 2. The summed E-state index contributed by atoms with van der Waals surface area (Å²) in [6.45, 7) is 3.35. The van der Waals surface area contributed by atoms with Gasteiger partial charge >= 0.3 is 0 Å². The Balaban J connectivity index is 2.20. The molecule has 0 fully saturated rings. The van der Waals surface area contributed by atoms with Crippen molar-refractivity contribution in [1.82, 2.24) is 14.7 Å². The minimum Gasteiger partial charge on any atom is -0.309 e. The van der Waals surface area contributed by atoms with E-state index in [1.807, 2.05) is 17.9 Å². The van der Waals surface area contributed by atoms with E-state index in [1.54, 1.807) is 0 Å². The highest BCUT2D eigenvalue weighted by atomic mass is 15.2. The Kier molecular flexibility index (Phi) is 4.96. The smallest absolute Gasteiger partial charge is 0.0568 e. The monoisotopic (exact) mass is 271 g/mol. The largest absolute Gasteiger partial charge is 0.309 e. The molecule has 1 heterocycles. The first kappa shape index (κ1) is 14.8. The van der Waals surface area contributed by atoms with Gasteiger partial charge in [0.1, 0.15) is 0 Å². The number of benzene rings is 1. The van der Waals surface area contributed by atoms with Crippen LogP contribution in [0.3, 0.4) is 0 Å². The Labute approximate surface area is 122 Å². The molecular weight excluding hydrogens is 246 g/mol. The molecule has 1 aromatic heterocycles. The lowest BCUT2D eigenvalue weighted by Gasteiger charge is -2.11. The maximum Gasteiger partial charge on any atom is 0.0568 e. The van der Waals surface area contributed by atoms with Gasteiger partial charge in [-0.05, 0) is 56.6 Å². The maximum atomic E-state index is 4.29. The second-order valence-corrected chi connectivity index (χ2v) is 5.65. The van der Waals surface area contributed by atoms with E-state index in [1.165, 1.54) is 28.7 Å². The summed E-state index contributed by atoms with van der Waals surface area (Å²) in [6.07, 6.45) is 7.44. The Morgan fingerprint density at radius 2 is 2.05 bits per heavy atom. The van der Waals surface area contributed by atoms with E-state index in [4.69, 9.17) is 0 Å². The summed E-state index contributed by atoms with van der Waals surface area (Å²) in [5, 5.41) is 4.29. The van der Waals surface area contributed by atoms with Crippen LogP contribution < -0.4 is 0 Å². The first-order valence-electron chi connectivity index (χ1n) is 7.35. The summed E-state index contributed by atoms with van der Waals surface area (Å²) in [7, 11) is 6.22. The van der Waals surface area contributed by atoms with Crippen molar-refractivity contribution in [3.63, 3.8) is 0 Å². The van der Waals surface area contributed by atoms with Gasteiger partial charge in [0.25, 0.3) is 0 Å². The number of rotatable bonds is 6. The van der Waals surface area contributed by atoms with Gasteiger partial charge in [0, 0.05) is 18.8 Å². The second kappa shape index (κ2) is 6.71. The molecular formula is C17H25N3. The normalized spacial score (nSPS) is 11.2. The first-order chi connectivity index (χ1) is 9.60. The van der Waals surface area contributed by atoms with Crippen molar-refractivity contribution >= 4 is 0 Å². The summed E-state index contributed by atoms with van der Waals surface area (Å²) in [6, 6.07) is 6.88. The Morgan fingerprint density at radius 1 is 1.25 bits per heavy atom. The van der Waals surface area contributed by atoms with Crippen LogP contribution in [0.25, 0.3) is 11.1 Å². The predicted molar refractivity (Wildman–Crippen MR) is 84.9 cm³/mol. The molecule has 2 rings (SSSR count). The summed E-state index contributed by atoms with van der Waals surface area (Å²) < 4.78 is 1.87.